The fraction of sp³-hybridized carbons (Fsp3) is 0.409. The maximum absolute atomic E-state index is 12.8. The normalized spacial score (nSPS) is 22.5. The van der Waals surface area contributed by atoms with Gasteiger partial charge in [-0.15, -0.1) is 0 Å². The molecule has 0 amide bonds. The van der Waals surface area contributed by atoms with Crippen LogP contribution >= 0.6 is 0 Å². The summed E-state index contributed by atoms with van der Waals surface area (Å²) in [6.07, 6.45) is 0.272. The van der Waals surface area contributed by atoms with Gasteiger partial charge in [0, 0.05) is 17.4 Å². The Balaban J connectivity index is 1.77. The van der Waals surface area contributed by atoms with Gasteiger partial charge in [0.1, 0.15) is 0 Å². The van der Waals surface area contributed by atoms with Crippen LogP contribution in [0.3, 0.4) is 0 Å². The zero-order chi connectivity index (χ0) is 24.2. The molecule has 3 atom stereocenters. The lowest BCUT2D eigenvalue weighted by Crippen LogP contribution is -2.32. The molecule has 0 saturated carbocycles. The Hall–Kier alpha value is -3.38. The van der Waals surface area contributed by atoms with Gasteiger partial charge in [-0.3, -0.25) is 9.35 Å². The molecule has 0 bridgehead atoms. The van der Waals surface area contributed by atoms with Crippen LogP contribution in [0.1, 0.15) is 22.6 Å². The molecule has 11 nitrogen and oxygen atoms in total. The number of methoxy groups -OCH3 is 3. The number of carbonyl (C=O) groups is 1. The van der Waals surface area contributed by atoms with E-state index in [2.05, 4.69) is 0 Å². The lowest BCUT2D eigenvalue weighted by molar-refractivity contribution is -0.141. The summed E-state index contributed by atoms with van der Waals surface area (Å²) in [4.78, 5) is 12.8. The molecule has 0 spiro atoms. The molecule has 2 aromatic rings. The van der Waals surface area contributed by atoms with Crippen LogP contribution in [0.4, 0.5) is 0 Å². The third-order valence-corrected chi connectivity index (χ3v) is 6.75. The molecule has 1 fully saturated rings. The van der Waals surface area contributed by atoms with E-state index in [9.17, 15) is 17.8 Å². The molecular formula is C22H22O11S. The van der Waals surface area contributed by atoms with Crippen LogP contribution in [0.25, 0.3) is 0 Å². The van der Waals surface area contributed by atoms with Crippen molar-refractivity contribution in [2.24, 2.45) is 11.8 Å². The zero-order valence-electron chi connectivity index (χ0n) is 18.5. The number of hydrogen-bond acceptors (Lipinski definition) is 10. The van der Waals surface area contributed by atoms with Crippen molar-refractivity contribution in [3.8, 4) is 34.5 Å². The van der Waals surface area contributed by atoms with Crippen molar-refractivity contribution in [1.82, 2.24) is 0 Å². The summed E-state index contributed by atoms with van der Waals surface area (Å²) >= 11 is 0. The smallest absolute Gasteiger partial charge is 0.446 e. The molecule has 0 radical (unpaired) electrons. The SMILES string of the molecule is COc1cc([C@@H]2c3cc4c(c(OS(=O)(=O)O)c3C[C@H]3COC(=O)[C@@H]32)OCO4)cc(OC)c1OC. The molecule has 0 aromatic heterocycles. The predicted octanol–water partition coefficient (Wildman–Crippen LogP) is 2.10. The van der Waals surface area contributed by atoms with Crippen LogP contribution in [0.2, 0.25) is 0 Å². The highest BCUT2D eigenvalue weighted by Crippen LogP contribution is 2.56. The first-order valence-electron chi connectivity index (χ1n) is 10.3. The fourth-order valence-electron chi connectivity index (χ4n) is 5.05. The first-order chi connectivity index (χ1) is 16.3. The minimum absolute atomic E-state index is 0.0729. The zero-order valence-corrected chi connectivity index (χ0v) is 19.3. The van der Waals surface area contributed by atoms with Crippen molar-refractivity contribution in [3.63, 3.8) is 0 Å². The molecule has 5 rings (SSSR count). The summed E-state index contributed by atoms with van der Waals surface area (Å²) in [5.74, 6) is -0.478. The number of rotatable bonds is 6. The third kappa shape index (κ3) is 3.53. The van der Waals surface area contributed by atoms with Gasteiger partial charge in [0.15, 0.2) is 23.0 Å². The van der Waals surface area contributed by atoms with E-state index in [-0.39, 0.29) is 49.0 Å². The molecule has 12 heteroatoms. The highest BCUT2D eigenvalue weighted by atomic mass is 32.3. The molecule has 2 aliphatic heterocycles. The Morgan fingerprint density at radius 2 is 1.68 bits per heavy atom. The molecule has 3 aliphatic rings. The largest absolute Gasteiger partial charge is 0.493 e. The Bertz CT molecular complexity index is 1250. The second-order valence-electron chi connectivity index (χ2n) is 8.07. The van der Waals surface area contributed by atoms with Crippen molar-refractivity contribution in [2.45, 2.75) is 12.3 Å². The highest BCUT2D eigenvalue weighted by Gasteiger charge is 2.50. The van der Waals surface area contributed by atoms with Crippen molar-refractivity contribution < 1.29 is 50.4 Å². The fourth-order valence-corrected chi connectivity index (χ4v) is 5.44. The van der Waals surface area contributed by atoms with E-state index in [1.807, 2.05) is 0 Å². The van der Waals surface area contributed by atoms with Crippen LogP contribution in [-0.2, 0) is 26.4 Å². The lowest BCUT2D eigenvalue weighted by atomic mass is 9.67. The summed E-state index contributed by atoms with van der Waals surface area (Å²) < 4.78 is 70.5. The second kappa shape index (κ2) is 8.13. The average Bonchev–Trinajstić information content (AvgIpc) is 3.42. The topological polar surface area (TPSA) is 136 Å². The van der Waals surface area contributed by atoms with E-state index in [0.29, 0.717) is 33.9 Å². The van der Waals surface area contributed by atoms with Crippen LogP contribution in [0.15, 0.2) is 18.2 Å². The van der Waals surface area contributed by atoms with Gasteiger partial charge in [-0.25, -0.2) is 0 Å². The van der Waals surface area contributed by atoms with Gasteiger partial charge in [-0.2, -0.15) is 8.42 Å². The van der Waals surface area contributed by atoms with E-state index in [1.165, 1.54) is 21.3 Å². The lowest BCUT2D eigenvalue weighted by Gasteiger charge is -2.34. The number of ether oxygens (including phenoxy) is 6. The van der Waals surface area contributed by atoms with E-state index < -0.39 is 22.2 Å². The predicted molar refractivity (Wildman–Crippen MR) is 114 cm³/mol. The van der Waals surface area contributed by atoms with E-state index >= 15 is 0 Å². The van der Waals surface area contributed by atoms with Crippen LogP contribution in [0.5, 0.6) is 34.5 Å². The number of hydrogen-bond donors (Lipinski definition) is 1. The number of cyclic esters (lactones) is 1. The molecule has 34 heavy (non-hydrogen) atoms. The van der Waals surface area contributed by atoms with Gasteiger partial charge in [0.2, 0.25) is 18.3 Å². The van der Waals surface area contributed by atoms with Gasteiger partial charge < -0.3 is 32.6 Å². The molecule has 2 heterocycles. The quantitative estimate of drug-likeness (QED) is 0.467. The minimum Gasteiger partial charge on any atom is -0.493 e. The Labute approximate surface area is 195 Å². The minimum atomic E-state index is -4.87. The average molecular weight is 494 g/mol. The molecule has 182 valence electrons. The molecular weight excluding hydrogens is 472 g/mol. The van der Waals surface area contributed by atoms with Gasteiger partial charge in [0.05, 0.1) is 33.9 Å². The van der Waals surface area contributed by atoms with Crippen LogP contribution in [-0.4, -0.2) is 53.7 Å². The third-order valence-electron chi connectivity index (χ3n) is 6.37. The maximum Gasteiger partial charge on any atom is 0.446 e. The molecule has 2 aromatic carbocycles. The van der Waals surface area contributed by atoms with Gasteiger partial charge >= 0.3 is 16.4 Å². The van der Waals surface area contributed by atoms with Crippen molar-refractivity contribution in [1.29, 1.82) is 0 Å². The molecule has 1 N–H and O–H groups in total. The summed E-state index contributed by atoms with van der Waals surface area (Å²) in [5.41, 5.74) is 1.71. The summed E-state index contributed by atoms with van der Waals surface area (Å²) in [5, 5.41) is 0. The molecule has 1 aliphatic carbocycles. The van der Waals surface area contributed by atoms with Crippen molar-refractivity contribution in [2.75, 3.05) is 34.7 Å². The second-order valence-corrected chi connectivity index (χ2v) is 9.10. The first-order valence-corrected chi connectivity index (χ1v) is 11.7. The molecule has 0 unspecified atom stereocenters. The van der Waals surface area contributed by atoms with Crippen LogP contribution in [0, 0.1) is 11.8 Å². The standard InChI is InChI=1S/C22H22O11S/c1-27-14-5-10(6-15(28-2)20(14)29-3)17-12-7-16-21(32-9-31-16)19(33-34(24,25)26)13(12)4-11-8-30-22(23)18(11)17/h5-7,11,17-18H,4,8-9H2,1-3H3,(H,24,25,26)/t11-,17+,18-/m0/s1. The van der Waals surface area contributed by atoms with Gasteiger partial charge in [-0.1, -0.05) is 0 Å². The Morgan fingerprint density at radius 1 is 0.971 bits per heavy atom. The summed E-state index contributed by atoms with van der Waals surface area (Å²) in [6, 6.07) is 5.17. The summed E-state index contributed by atoms with van der Waals surface area (Å²) in [7, 11) is -0.412. The maximum atomic E-state index is 12.8. The molecule has 1 saturated heterocycles. The summed E-state index contributed by atoms with van der Waals surface area (Å²) in [6.45, 7) is 0.00737. The van der Waals surface area contributed by atoms with Gasteiger partial charge in [0.25, 0.3) is 0 Å². The number of carbonyl (C=O) groups excluding carboxylic acids is 1. The van der Waals surface area contributed by atoms with E-state index in [0.717, 1.165) is 0 Å². The van der Waals surface area contributed by atoms with E-state index in [4.69, 9.17) is 32.6 Å². The number of esters is 1. The van der Waals surface area contributed by atoms with E-state index in [1.54, 1.807) is 18.2 Å². The Kier molecular flexibility index (Phi) is 5.36. The van der Waals surface area contributed by atoms with Crippen molar-refractivity contribution in [3.05, 3.63) is 34.9 Å². The Morgan fingerprint density at radius 3 is 2.29 bits per heavy atom. The number of benzene rings is 2. The first kappa shape index (κ1) is 22.4. The van der Waals surface area contributed by atoms with Crippen LogP contribution < -0.4 is 27.9 Å². The van der Waals surface area contributed by atoms with Crippen molar-refractivity contribution >= 4 is 16.4 Å². The monoisotopic (exact) mass is 494 g/mol. The van der Waals surface area contributed by atoms with Gasteiger partial charge in [-0.05, 0) is 35.7 Å². The number of fused-ring (bicyclic) bond motifs is 3. The highest BCUT2D eigenvalue weighted by molar-refractivity contribution is 7.81.